The van der Waals surface area contributed by atoms with Crippen LogP contribution in [0, 0.1) is 0 Å². The summed E-state index contributed by atoms with van der Waals surface area (Å²) in [6.45, 7) is 2.98. The Morgan fingerprint density at radius 1 is 1.31 bits per heavy atom. The zero-order chi connectivity index (χ0) is 11.6. The van der Waals surface area contributed by atoms with Crippen molar-refractivity contribution >= 4 is 0 Å². The van der Waals surface area contributed by atoms with Crippen LogP contribution in [0.1, 0.15) is 43.2 Å². The fourth-order valence-corrected chi connectivity index (χ4v) is 2.26. The SMILES string of the molecule is COC1(c2ccc(C(C)CCN)cc2)CC1. The molecule has 2 rings (SSSR count). The van der Waals surface area contributed by atoms with Gasteiger partial charge >= 0.3 is 0 Å². The second-order valence-electron chi connectivity index (χ2n) is 4.80. The smallest absolute Gasteiger partial charge is 0.0929 e. The summed E-state index contributed by atoms with van der Waals surface area (Å²) in [5.74, 6) is 0.553. The lowest BCUT2D eigenvalue weighted by atomic mass is 9.95. The van der Waals surface area contributed by atoms with Gasteiger partial charge in [0.15, 0.2) is 0 Å². The van der Waals surface area contributed by atoms with Crippen molar-refractivity contribution < 1.29 is 4.74 Å². The summed E-state index contributed by atoms with van der Waals surface area (Å²) < 4.78 is 5.56. The first-order valence-electron chi connectivity index (χ1n) is 6.07. The summed E-state index contributed by atoms with van der Waals surface area (Å²) in [5, 5.41) is 0. The molecule has 1 saturated carbocycles. The van der Waals surface area contributed by atoms with Gasteiger partial charge in [0.25, 0.3) is 0 Å². The molecule has 2 nitrogen and oxygen atoms in total. The van der Waals surface area contributed by atoms with Crippen LogP contribution in [0.25, 0.3) is 0 Å². The molecule has 1 aliphatic rings. The standard InChI is InChI=1S/C14H21NO/c1-11(7-10-15)12-3-5-13(6-4-12)14(16-2)8-9-14/h3-6,11H,7-10,15H2,1-2H3. The fraction of sp³-hybridized carbons (Fsp3) is 0.571. The predicted molar refractivity (Wildman–Crippen MR) is 66.4 cm³/mol. The molecular formula is C14H21NO. The Bertz CT molecular complexity index is 340. The fourth-order valence-electron chi connectivity index (χ4n) is 2.26. The van der Waals surface area contributed by atoms with Crippen LogP contribution in [0.4, 0.5) is 0 Å². The zero-order valence-corrected chi connectivity index (χ0v) is 10.2. The van der Waals surface area contributed by atoms with E-state index in [9.17, 15) is 0 Å². The molecule has 0 aromatic heterocycles. The monoisotopic (exact) mass is 219 g/mol. The molecule has 1 unspecified atom stereocenters. The van der Waals surface area contributed by atoms with Gasteiger partial charge in [-0.2, -0.15) is 0 Å². The number of hydrogen-bond donors (Lipinski definition) is 1. The molecule has 2 N–H and O–H groups in total. The van der Waals surface area contributed by atoms with E-state index in [4.69, 9.17) is 10.5 Å². The molecule has 1 aromatic rings. The van der Waals surface area contributed by atoms with E-state index in [1.165, 1.54) is 11.1 Å². The highest BCUT2D eigenvalue weighted by Gasteiger charge is 2.44. The first kappa shape index (κ1) is 11.6. The van der Waals surface area contributed by atoms with E-state index in [1.54, 1.807) is 7.11 Å². The second kappa shape index (κ2) is 4.56. The largest absolute Gasteiger partial charge is 0.374 e. The van der Waals surface area contributed by atoms with Crippen LogP contribution >= 0.6 is 0 Å². The first-order valence-corrected chi connectivity index (χ1v) is 6.07. The van der Waals surface area contributed by atoms with Gasteiger partial charge in [0.1, 0.15) is 0 Å². The van der Waals surface area contributed by atoms with E-state index >= 15 is 0 Å². The maximum Gasteiger partial charge on any atom is 0.0929 e. The molecule has 0 saturated heterocycles. The van der Waals surface area contributed by atoms with Crippen LogP contribution in [-0.2, 0) is 10.3 Å². The van der Waals surface area contributed by atoms with E-state index in [-0.39, 0.29) is 5.60 Å². The quantitative estimate of drug-likeness (QED) is 0.826. The van der Waals surface area contributed by atoms with Crippen LogP contribution in [0.5, 0.6) is 0 Å². The average molecular weight is 219 g/mol. The van der Waals surface area contributed by atoms with E-state index in [1.807, 2.05) is 0 Å². The normalized spacial score (nSPS) is 19.4. The molecule has 0 spiro atoms. The van der Waals surface area contributed by atoms with Crippen molar-refractivity contribution in [3.05, 3.63) is 35.4 Å². The van der Waals surface area contributed by atoms with Crippen molar-refractivity contribution in [3.63, 3.8) is 0 Å². The van der Waals surface area contributed by atoms with Gasteiger partial charge in [0.2, 0.25) is 0 Å². The maximum atomic E-state index is 5.58. The molecule has 1 atom stereocenters. The summed E-state index contributed by atoms with van der Waals surface area (Å²) >= 11 is 0. The van der Waals surface area contributed by atoms with Gasteiger partial charge in [0, 0.05) is 7.11 Å². The number of methoxy groups -OCH3 is 1. The number of benzene rings is 1. The Labute approximate surface area is 97.8 Å². The van der Waals surface area contributed by atoms with Crippen molar-refractivity contribution in [2.45, 2.75) is 37.7 Å². The summed E-state index contributed by atoms with van der Waals surface area (Å²) in [6, 6.07) is 8.85. The van der Waals surface area contributed by atoms with Crippen LogP contribution in [0.15, 0.2) is 24.3 Å². The zero-order valence-electron chi connectivity index (χ0n) is 10.2. The second-order valence-corrected chi connectivity index (χ2v) is 4.80. The van der Waals surface area contributed by atoms with Gasteiger partial charge < -0.3 is 10.5 Å². The van der Waals surface area contributed by atoms with E-state index < -0.39 is 0 Å². The molecule has 0 aliphatic heterocycles. The third kappa shape index (κ3) is 2.13. The Kier molecular flexibility index (Phi) is 3.31. The van der Waals surface area contributed by atoms with Gasteiger partial charge in [-0.25, -0.2) is 0 Å². The summed E-state index contributed by atoms with van der Waals surface area (Å²) in [6.07, 6.45) is 3.36. The van der Waals surface area contributed by atoms with E-state index in [0.29, 0.717) is 5.92 Å². The van der Waals surface area contributed by atoms with Crippen molar-refractivity contribution in [3.8, 4) is 0 Å². The third-order valence-electron chi connectivity index (χ3n) is 3.70. The lowest BCUT2D eigenvalue weighted by Crippen LogP contribution is -2.09. The Balaban J connectivity index is 2.10. The lowest BCUT2D eigenvalue weighted by Gasteiger charge is -2.16. The number of nitrogens with two attached hydrogens (primary N) is 1. The Morgan fingerprint density at radius 2 is 1.94 bits per heavy atom. The molecule has 1 aliphatic carbocycles. The van der Waals surface area contributed by atoms with Crippen molar-refractivity contribution in [2.75, 3.05) is 13.7 Å². The van der Waals surface area contributed by atoms with E-state index in [2.05, 4.69) is 31.2 Å². The van der Waals surface area contributed by atoms with Crippen molar-refractivity contribution in [2.24, 2.45) is 5.73 Å². The topological polar surface area (TPSA) is 35.2 Å². The van der Waals surface area contributed by atoms with Gasteiger partial charge in [-0.3, -0.25) is 0 Å². The summed E-state index contributed by atoms with van der Waals surface area (Å²) in [7, 11) is 1.80. The van der Waals surface area contributed by atoms with Crippen LogP contribution in [0.2, 0.25) is 0 Å². The highest BCUT2D eigenvalue weighted by molar-refractivity contribution is 5.32. The molecule has 0 radical (unpaired) electrons. The minimum absolute atomic E-state index is 0.0373. The molecule has 16 heavy (non-hydrogen) atoms. The molecule has 0 heterocycles. The summed E-state index contributed by atoms with van der Waals surface area (Å²) in [4.78, 5) is 0. The summed E-state index contributed by atoms with van der Waals surface area (Å²) in [5.41, 5.74) is 8.31. The number of rotatable bonds is 5. The lowest BCUT2D eigenvalue weighted by molar-refractivity contribution is 0.0789. The Morgan fingerprint density at radius 3 is 2.38 bits per heavy atom. The molecule has 88 valence electrons. The molecule has 2 heteroatoms. The predicted octanol–water partition coefficient (Wildman–Crippen LogP) is 2.77. The highest BCUT2D eigenvalue weighted by atomic mass is 16.5. The van der Waals surface area contributed by atoms with Gasteiger partial charge in [-0.15, -0.1) is 0 Å². The highest BCUT2D eigenvalue weighted by Crippen LogP contribution is 2.48. The minimum atomic E-state index is 0.0373. The van der Waals surface area contributed by atoms with Crippen LogP contribution in [0.3, 0.4) is 0 Å². The molecule has 0 amide bonds. The van der Waals surface area contributed by atoms with Gasteiger partial charge in [-0.05, 0) is 42.9 Å². The number of ether oxygens (including phenoxy) is 1. The first-order chi connectivity index (χ1) is 7.72. The molecule has 0 bridgehead atoms. The molecular weight excluding hydrogens is 198 g/mol. The maximum absolute atomic E-state index is 5.58. The van der Waals surface area contributed by atoms with Crippen molar-refractivity contribution in [1.82, 2.24) is 0 Å². The minimum Gasteiger partial charge on any atom is -0.374 e. The van der Waals surface area contributed by atoms with Crippen LogP contribution < -0.4 is 5.73 Å². The van der Waals surface area contributed by atoms with Gasteiger partial charge in [-0.1, -0.05) is 31.2 Å². The van der Waals surface area contributed by atoms with Crippen LogP contribution in [-0.4, -0.2) is 13.7 Å². The van der Waals surface area contributed by atoms with Crippen molar-refractivity contribution in [1.29, 1.82) is 0 Å². The molecule has 1 aromatic carbocycles. The van der Waals surface area contributed by atoms with E-state index in [0.717, 1.165) is 25.8 Å². The third-order valence-corrected chi connectivity index (χ3v) is 3.70. The van der Waals surface area contributed by atoms with Gasteiger partial charge in [0.05, 0.1) is 5.60 Å². The molecule has 1 fully saturated rings. The number of hydrogen-bond acceptors (Lipinski definition) is 2. The average Bonchev–Trinajstić information content (AvgIpc) is 3.10. The Hall–Kier alpha value is -0.860.